The second kappa shape index (κ2) is 9.01. The first-order valence-corrected chi connectivity index (χ1v) is 7.44. The first kappa shape index (κ1) is 18.8. The van der Waals surface area contributed by atoms with Crippen LogP contribution in [-0.2, 0) is 16.0 Å². The summed E-state index contributed by atoms with van der Waals surface area (Å²) in [5.41, 5.74) is 1.35. The van der Waals surface area contributed by atoms with E-state index < -0.39 is 12.0 Å². The van der Waals surface area contributed by atoms with Crippen molar-refractivity contribution in [3.63, 3.8) is 0 Å². The van der Waals surface area contributed by atoms with Crippen molar-refractivity contribution in [1.82, 2.24) is 25.0 Å². The zero-order valence-electron chi connectivity index (χ0n) is 13.6. The maximum atomic E-state index is 10.6. The predicted molar refractivity (Wildman–Crippen MR) is 82.6 cm³/mol. The molecule has 0 fully saturated rings. The molecule has 1 aliphatic rings. The molecule has 1 aromatic heterocycles. The molecule has 2 heterocycles. The smallest absolute Gasteiger partial charge is 0.303 e. The summed E-state index contributed by atoms with van der Waals surface area (Å²) in [5.74, 6) is -0.886. The van der Waals surface area contributed by atoms with Crippen molar-refractivity contribution in [1.29, 1.82) is 0 Å². The van der Waals surface area contributed by atoms with Crippen LogP contribution >= 0.6 is 0 Å². The van der Waals surface area contributed by atoms with Crippen molar-refractivity contribution in [2.24, 2.45) is 0 Å². The molecule has 1 atom stereocenters. The Kier molecular flexibility index (Phi) is 7.36. The SMILES string of the molecule is CC.CN1CC(n2cc(CCC(=O)O)nn2)=CC(N(O)C=O)C1. The molecule has 2 rings (SSSR count). The second-order valence-corrected chi connectivity index (χ2v) is 4.96. The van der Waals surface area contributed by atoms with Gasteiger partial charge in [0, 0.05) is 19.5 Å². The molecule has 0 saturated heterocycles. The Bertz CT molecular complexity index is 557. The van der Waals surface area contributed by atoms with Crippen LogP contribution in [0.1, 0.15) is 26.0 Å². The van der Waals surface area contributed by atoms with Crippen LogP contribution in [-0.4, -0.2) is 73.8 Å². The monoisotopic (exact) mass is 325 g/mol. The van der Waals surface area contributed by atoms with Gasteiger partial charge in [0.1, 0.15) is 0 Å². The molecule has 1 aromatic rings. The van der Waals surface area contributed by atoms with Gasteiger partial charge in [0.25, 0.3) is 0 Å². The fraction of sp³-hybridized carbons (Fsp3) is 0.571. The van der Waals surface area contributed by atoms with Crippen LogP contribution in [0, 0.1) is 0 Å². The van der Waals surface area contributed by atoms with E-state index in [0.717, 1.165) is 5.70 Å². The van der Waals surface area contributed by atoms with Gasteiger partial charge in [0.2, 0.25) is 6.41 Å². The van der Waals surface area contributed by atoms with E-state index in [4.69, 9.17) is 5.11 Å². The Morgan fingerprint density at radius 2 is 2.22 bits per heavy atom. The molecule has 0 radical (unpaired) electrons. The molecule has 0 aromatic carbocycles. The summed E-state index contributed by atoms with van der Waals surface area (Å²) in [7, 11) is 1.86. The average molecular weight is 325 g/mol. The predicted octanol–water partition coefficient (Wildman–Crippen LogP) is 0.324. The van der Waals surface area contributed by atoms with E-state index in [1.54, 1.807) is 17.0 Å². The van der Waals surface area contributed by atoms with Gasteiger partial charge in [-0.2, -0.15) is 0 Å². The van der Waals surface area contributed by atoms with Crippen molar-refractivity contribution >= 4 is 18.1 Å². The number of carboxylic acids is 1. The summed E-state index contributed by atoms with van der Waals surface area (Å²) in [6.07, 6.45) is 4.06. The number of likely N-dealkylation sites (N-methyl/N-ethyl adjacent to an activating group) is 1. The number of nitrogens with zero attached hydrogens (tertiary/aromatic N) is 5. The minimum atomic E-state index is -0.886. The molecule has 23 heavy (non-hydrogen) atoms. The summed E-state index contributed by atoms with van der Waals surface area (Å²) in [4.78, 5) is 23.1. The van der Waals surface area contributed by atoms with Gasteiger partial charge >= 0.3 is 5.97 Å². The fourth-order valence-electron chi connectivity index (χ4n) is 2.16. The van der Waals surface area contributed by atoms with Gasteiger partial charge in [-0.1, -0.05) is 19.1 Å². The van der Waals surface area contributed by atoms with E-state index in [1.165, 1.54) is 0 Å². The number of aromatic nitrogens is 3. The van der Waals surface area contributed by atoms with Gasteiger partial charge in [0.15, 0.2) is 0 Å². The molecule has 128 valence electrons. The van der Waals surface area contributed by atoms with Gasteiger partial charge in [-0.05, 0) is 13.1 Å². The maximum Gasteiger partial charge on any atom is 0.303 e. The van der Waals surface area contributed by atoms with Crippen molar-refractivity contribution in [2.75, 3.05) is 20.1 Å². The number of aryl methyl sites for hydroxylation is 1. The number of hydrogen-bond acceptors (Lipinski definition) is 6. The first-order valence-electron chi connectivity index (χ1n) is 7.44. The van der Waals surface area contributed by atoms with Crippen LogP contribution in [0.15, 0.2) is 12.3 Å². The molecule has 1 unspecified atom stereocenters. The number of carbonyl (C=O) groups excluding carboxylic acids is 1. The summed E-state index contributed by atoms with van der Waals surface area (Å²) in [6, 6.07) is -0.456. The normalized spacial score (nSPS) is 17.7. The van der Waals surface area contributed by atoms with Crippen LogP contribution in [0.3, 0.4) is 0 Å². The standard InChI is InChI=1S/C12H17N5O4.C2H6/c1-15-6-10(4-11(7-15)17(21)8-18)16-5-9(13-14-16)2-3-12(19)20;1-2/h4-5,8,11,21H,2-3,6-7H2,1H3,(H,19,20);1-2H3. The number of aliphatic carboxylic acids is 1. The minimum Gasteiger partial charge on any atom is -0.481 e. The minimum absolute atomic E-state index is 0.00414. The van der Waals surface area contributed by atoms with Crippen molar-refractivity contribution < 1.29 is 19.9 Å². The Morgan fingerprint density at radius 3 is 2.83 bits per heavy atom. The van der Waals surface area contributed by atoms with Gasteiger partial charge < -0.3 is 5.11 Å². The Morgan fingerprint density at radius 1 is 1.52 bits per heavy atom. The van der Waals surface area contributed by atoms with Crippen LogP contribution in [0.25, 0.3) is 5.70 Å². The number of rotatable bonds is 6. The van der Waals surface area contributed by atoms with Gasteiger partial charge in [-0.15, -0.1) is 5.10 Å². The number of carboxylic acid groups (broad SMARTS) is 1. The summed E-state index contributed by atoms with van der Waals surface area (Å²) in [6.45, 7) is 5.10. The molecule has 9 heteroatoms. The molecular formula is C14H23N5O4. The topological polar surface area (TPSA) is 112 Å². The summed E-state index contributed by atoms with van der Waals surface area (Å²) < 4.78 is 1.54. The lowest BCUT2D eigenvalue weighted by Gasteiger charge is -2.31. The molecular weight excluding hydrogens is 302 g/mol. The number of hydrogen-bond donors (Lipinski definition) is 2. The molecule has 0 spiro atoms. The molecule has 0 saturated carbocycles. The molecule has 1 aliphatic heterocycles. The number of hydroxylamine groups is 2. The Labute approximate surface area is 134 Å². The van der Waals surface area contributed by atoms with E-state index in [9.17, 15) is 14.8 Å². The fourth-order valence-corrected chi connectivity index (χ4v) is 2.16. The third-order valence-electron chi connectivity index (χ3n) is 3.19. The quantitative estimate of drug-likeness (QED) is 0.440. The zero-order valence-corrected chi connectivity index (χ0v) is 13.6. The summed E-state index contributed by atoms with van der Waals surface area (Å²) >= 11 is 0. The molecule has 0 aliphatic carbocycles. The van der Waals surface area contributed by atoms with Crippen LogP contribution in [0.4, 0.5) is 0 Å². The largest absolute Gasteiger partial charge is 0.481 e. The van der Waals surface area contributed by atoms with E-state index in [-0.39, 0.29) is 6.42 Å². The third kappa shape index (κ3) is 5.46. The lowest BCUT2D eigenvalue weighted by molar-refractivity contribution is -0.157. The Balaban J connectivity index is 0.00000127. The lowest BCUT2D eigenvalue weighted by atomic mass is 10.1. The van der Waals surface area contributed by atoms with E-state index in [2.05, 4.69) is 10.3 Å². The molecule has 1 amide bonds. The van der Waals surface area contributed by atoms with Crippen molar-refractivity contribution in [2.45, 2.75) is 32.7 Å². The van der Waals surface area contributed by atoms with Crippen molar-refractivity contribution in [3.05, 3.63) is 18.0 Å². The highest BCUT2D eigenvalue weighted by molar-refractivity contribution is 5.66. The molecule has 9 nitrogen and oxygen atoms in total. The second-order valence-electron chi connectivity index (χ2n) is 4.96. The molecule has 0 bridgehead atoms. The summed E-state index contributed by atoms with van der Waals surface area (Å²) in [5, 5.41) is 26.6. The number of amides is 1. The van der Waals surface area contributed by atoms with Crippen LogP contribution in [0.5, 0.6) is 0 Å². The molecule has 2 N–H and O–H groups in total. The van der Waals surface area contributed by atoms with E-state index in [0.29, 0.717) is 36.7 Å². The van der Waals surface area contributed by atoms with Gasteiger partial charge in [0.05, 0.1) is 30.1 Å². The van der Waals surface area contributed by atoms with Crippen LogP contribution in [0.2, 0.25) is 0 Å². The van der Waals surface area contributed by atoms with E-state index >= 15 is 0 Å². The highest BCUT2D eigenvalue weighted by atomic mass is 16.5. The lowest BCUT2D eigenvalue weighted by Crippen LogP contribution is -2.43. The highest BCUT2D eigenvalue weighted by Gasteiger charge is 2.23. The van der Waals surface area contributed by atoms with Gasteiger partial charge in [-0.25, -0.2) is 9.75 Å². The maximum absolute atomic E-state index is 10.6. The third-order valence-corrected chi connectivity index (χ3v) is 3.19. The van der Waals surface area contributed by atoms with Gasteiger partial charge in [-0.3, -0.25) is 19.7 Å². The van der Waals surface area contributed by atoms with E-state index in [1.807, 2.05) is 25.8 Å². The first-order chi connectivity index (χ1) is 11.0. The Hall–Kier alpha value is -2.26. The number of carbonyl (C=O) groups is 2. The average Bonchev–Trinajstić information content (AvgIpc) is 3.02. The van der Waals surface area contributed by atoms with Crippen LogP contribution < -0.4 is 0 Å². The highest BCUT2D eigenvalue weighted by Crippen LogP contribution is 2.15. The zero-order chi connectivity index (χ0) is 17.4. The van der Waals surface area contributed by atoms with Crippen molar-refractivity contribution in [3.8, 4) is 0 Å².